The van der Waals surface area contributed by atoms with E-state index in [1.165, 1.54) is 4.80 Å². The molecule has 0 radical (unpaired) electrons. The lowest BCUT2D eigenvalue weighted by Gasteiger charge is -2.39. The Kier molecular flexibility index (Phi) is 7.09. The predicted octanol–water partition coefficient (Wildman–Crippen LogP) is 1.72. The van der Waals surface area contributed by atoms with Crippen LogP contribution in [0.5, 0.6) is 0 Å². The molecule has 1 N–H and O–H groups in total. The van der Waals surface area contributed by atoms with Crippen molar-refractivity contribution >= 4 is 0 Å². The van der Waals surface area contributed by atoms with Gasteiger partial charge in [-0.1, -0.05) is 20.8 Å². The molecule has 0 saturated heterocycles. The summed E-state index contributed by atoms with van der Waals surface area (Å²) in [5, 5.41) is 15.9. The van der Waals surface area contributed by atoms with Gasteiger partial charge in [0.2, 0.25) is 0 Å². The van der Waals surface area contributed by atoms with Crippen molar-refractivity contribution in [3.8, 4) is 0 Å². The summed E-state index contributed by atoms with van der Waals surface area (Å²) in [4.78, 5) is 1.51. The van der Waals surface area contributed by atoms with E-state index in [-0.39, 0.29) is 11.6 Å². The molecule has 1 aromatic heterocycles. The third kappa shape index (κ3) is 4.24. The lowest BCUT2D eigenvalue weighted by molar-refractivity contribution is -0.0722. The Bertz CT molecular complexity index is 375. The first-order valence-electron chi connectivity index (χ1n) is 7.72. The highest BCUT2D eigenvalue weighted by Crippen LogP contribution is 2.27. The van der Waals surface area contributed by atoms with Gasteiger partial charge in [0.25, 0.3) is 0 Å². The van der Waals surface area contributed by atoms with E-state index in [2.05, 4.69) is 48.4 Å². The van der Waals surface area contributed by atoms with Crippen LogP contribution in [0.3, 0.4) is 0 Å². The third-order valence-electron chi connectivity index (χ3n) is 3.84. The molecule has 0 aromatic carbocycles. The molecule has 0 saturated carbocycles. The van der Waals surface area contributed by atoms with Crippen LogP contribution in [0.15, 0.2) is 0 Å². The van der Waals surface area contributed by atoms with Gasteiger partial charge >= 0.3 is 0 Å². The van der Waals surface area contributed by atoms with E-state index < -0.39 is 0 Å². The number of rotatable bonds is 10. The smallest absolute Gasteiger partial charge is 0.176 e. The van der Waals surface area contributed by atoms with Crippen LogP contribution >= 0.6 is 0 Å². The van der Waals surface area contributed by atoms with Crippen LogP contribution in [0.4, 0.5) is 0 Å². The highest BCUT2D eigenvalue weighted by Gasteiger charge is 2.37. The van der Waals surface area contributed by atoms with Crippen molar-refractivity contribution in [1.82, 2.24) is 25.5 Å². The molecule has 0 bridgehead atoms. The minimum absolute atomic E-state index is 0.164. The lowest BCUT2D eigenvalue weighted by Crippen LogP contribution is -2.53. The van der Waals surface area contributed by atoms with Crippen LogP contribution in [0.2, 0.25) is 0 Å². The minimum Gasteiger partial charge on any atom is -0.374 e. The Morgan fingerprint density at radius 2 is 1.95 bits per heavy atom. The Hall–Kier alpha value is -1.01. The first-order valence-corrected chi connectivity index (χ1v) is 7.72. The summed E-state index contributed by atoms with van der Waals surface area (Å²) in [5.74, 6) is 0.770. The average molecular weight is 283 g/mol. The number of hydrogen-bond acceptors (Lipinski definition) is 5. The molecular formula is C14H29N5O. The van der Waals surface area contributed by atoms with E-state index in [9.17, 15) is 0 Å². The zero-order valence-electron chi connectivity index (χ0n) is 13.5. The standard InChI is InChI=1S/C14H29N5O/c1-6-10-15-12(11-13-16-18-19(5)17-13)14(7-2,8-3)20-9-4/h12,15H,6-11H2,1-5H3. The van der Waals surface area contributed by atoms with Crippen molar-refractivity contribution in [3.63, 3.8) is 0 Å². The van der Waals surface area contributed by atoms with E-state index in [0.717, 1.165) is 44.7 Å². The zero-order chi connectivity index (χ0) is 15.0. The molecule has 1 heterocycles. The fourth-order valence-electron chi connectivity index (χ4n) is 2.69. The Morgan fingerprint density at radius 1 is 1.25 bits per heavy atom. The molecule has 0 fully saturated rings. The molecule has 0 amide bonds. The van der Waals surface area contributed by atoms with Gasteiger partial charge < -0.3 is 10.1 Å². The second-order valence-electron chi connectivity index (χ2n) is 5.11. The van der Waals surface area contributed by atoms with Gasteiger partial charge in [-0.25, -0.2) is 0 Å². The fraction of sp³-hybridized carbons (Fsp3) is 0.929. The van der Waals surface area contributed by atoms with Gasteiger partial charge in [-0.2, -0.15) is 4.80 Å². The van der Waals surface area contributed by atoms with Crippen LogP contribution in [0.1, 0.15) is 52.8 Å². The Labute approximate surface area is 122 Å². The molecule has 6 nitrogen and oxygen atoms in total. The van der Waals surface area contributed by atoms with Gasteiger partial charge in [0.15, 0.2) is 5.82 Å². The molecule has 1 unspecified atom stereocenters. The highest BCUT2D eigenvalue weighted by molar-refractivity contribution is 4.97. The number of nitrogens with zero attached hydrogens (tertiary/aromatic N) is 4. The number of tetrazole rings is 1. The molecular weight excluding hydrogens is 254 g/mol. The summed E-state index contributed by atoms with van der Waals surface area (Å²) in [6.45, 7) is 10.3. The molecule has 1 aromatic rings. The topological polar surface area (TPSA) is 64.9 Å². The number of aromatic nitrogens is 4. The number of hydrogen-bond donors (Lipinski definition) is 1. The van der Waals surface area contributed by atoms with Crippen molar-refractivity contribution in [2.24, 2.45) is 7.05 Å². The van der Waals surface area contributed by atoms with Crippen molar-refractivity contribution in [2.75, 3.05) is 13.2 Å². The van der Waals surface area contributed by atoms with Crippen molar-refractivity contribution in [1.29, 1.82) is 0 Å². The number of nitrogens with one attached hydrogen (secondary N) is 1. The van der Waals surface area contributed by atoms with Gasteiger partial charge in [-0.3, -0.25) is 0 Å². The molecule has 20 heavy (non-hydrogen) atoms. The SMILES string of the molecule is CCCNC(Cc1nnn(C)n1)C(CC)(CC)OCC. The molecule has 116 valence electrons. The Balaban J connectivity index is 2.89. The van der Waals surface area contributed by atoms with Crippen LogP contribution in [-0.4, -0.2) is 45.0 Å². The van der Waals surface area contributed by atoms with E-state index in [0.29, 0.717) is 0 Å². The van der Waals surface area contributed by atoms with Gasteiger partial charge in [-0.05, 0) is 37.9 Å². The number of aryl methyl sites for hydroxylation is 1. The second kappa shape index (κ2) is 8.32. The van der Waals surface area contributed by atoms with Crippen molar-refractivity contribution in [3.05, 3.63) is 5.82 Å². The van der Waals surface area contributed by atoms with Crippen LogP contribution < -0.4 is 5.32 Å². The van der Waals surface area contributed by atoms with E-state index in [4.69, 9.17) is 4.74 Å². The summed E-state index contributed by atoms with van der Waals surface area (Å²) in [5.41, 5.74) is -0.164. The molecule has 0 aliphatic carbocycles. The van der Waals surface area contributed by atoms with E-state index in [1.807, 2.05) is 0 Å². The lowest BCUT2D eigenvalue weighted by atomic mass is 9.85. The molecule has 1 rings (SSSR count). The maximum Gasteiger partial charge on any atom is 0.176 e. The number of ether oxygens (including phenoxy) is 1. The van der Waals surface area contributed by atoms with Gasteiger partial charge in [0.1, 0.15) is 0 Å². The first kappa shape index (κ1) is 17.0. The monoisotopic (exact) mass is 283 g/mol. The summed E-state index contributed by atoms with van der Waals surface area (Å²) in [6.07, 6.45) is 3.79. The average Bonchev–Trinajstić information content (AvgIpc) is 2.86. The van der Waals surface area contributed by atoms with Crippen molar-refractivity contribution in [2.45, 2.75) is 65.0 Å². The van der Waals surface area contributed by atoms with Crippen molar-refractivity contribution < 1.29 is 4.74 Å². The summed E-state index contributed by atoms with van der Waals surface area (Å²) >= 11 is 0. The molecule has 0 aliphatic rings. The molecule has 0 aliphatic heterocycles. The second-order valence-corrected chi connectivity index (χ2v) is 5.11. The van der Waals surface area contributed by atoms with E-state index in [1.54, 1.807) is 7.05 Å². The normalized spacial score (nSPS) is 13.7. The predicted molar refractivity (Wildman–Crippen MR) is 79.5 cm³/mol. The first-order chi connectivity index (χ1) is 9.61. The van der Waals surface area contributed by atoms with Crippen LogP contribution in [0.25, 0.3) is 0 Å². The highest BCUT2D eigenvalue weighted by atomic mass is 16.5. The quantitative estimate of drug-likeness (QED) is 0.708. The van der Waals surface area contributed by atoms with E-state index >= 15 is 0 Å². The summed E-state index contributed by atoms with van der Waals surface area (Å²) < 4.78 is 6.12. The largest absolute Gasteiger partial charge is 0.374 e. The maximum atomic E-state index is 6.12. The Morgan fingerprint density at radius 3 is 2.40 bits per heavy atom. The maximum absolute atomic E-state index is 6.12. The summed E-state index contributed by atoms with van der Waals surface area (Å²) in [7, 11) is 1.79. The molecule has 0 spiro atoms. The molecule has 6 heteroatoms. The minimum atomic E-state index is -0.164. The fourth-order valence-corrected chi connectivity index (χ4v) is 2.69. The van der Waals surface area contributed by atoms with Gasteiger partial charge in [0, 0.05) is 19.1 Å². The summed E-state index contributed by atoms with van der Waals surface area (Å²) in [6, 6.07) is 0.210. The van der Waals surface area contributed by atoms with Gasteiger partial charge in [0.05, 0.1) is 12.6 Å². The van der Waals surface area contributed by atoms with Gasteiger partial charge in [-0.15, -0.1) is 10.2 Å². The van der Waals surface area contributed by atoms with Crippen LogP contribution in [-0.2, 0) is 18.2 Å². The molecule has 1 atom stereocenters. The third-order valence-corrected chi connectivity index (χ3v) is 3.84. The zero-order valence-corrected chi connectivity index (χ0v) is 13.5. The van der Waals surface area contributed by atoms with Crippen LogP contribution in [0, 0.1) is 0 Å².